The van der Waals surface area contributed by atoms with Crippen molar-refractivity contribution in [3.05, 3.63) is 57.6 Å². The van der Waals surface area contributed by atoms with E-state index in [-0.39, 0.29) is 12.5 Å². The highest BCUT2D eigenvalue weighted by molar-refractivity contribution is 6.36. The first kappa shape index (κ1) is 18.0. The first-order valence-corrected chi connectivity index (χ1v) is 8.40. The number of carbonyl (C=O) groups is 2. The average molecular weight is 372 g/mol. The van der Waals surface area contributed by atoms with Crippen molar-refractivity contribution in [2.75, 3.05) is 19.0 Å². The molecule has 0 saturated heterocycles. The zero-order valence-electron chi connectivity index (χ0n) is 14.7. The van der Waals surface area contributed by atoms with Crippen LogP contribution in [0.4, 0.5) is 5.69 Å². The lowest BCUT2D eigenvalue weighted by Gasteiger charge is -2.12. The van der Waals surface area contributed by atoms with Gasteiger partial charge >= 0.3 is 5.97 Å². The van der Waals surface area contributed by atoms with E-state index in [0.29, 0.717) is 22.0 Å². The van der Waals surface area contributed by atoms with Gasteiger partial charge in [-0.15, -0.1) is 0 Å². The number of benzene rings is 2. The molecule has 134 valence electrons. The lowest BCUT2D eigenvalue weighted by atomic mass is 10.0. The Kier molecular flexibility index (Phi) is 5.00. The molecule has 26 heavy (non-hydrogen) atoms. The van der Waals surface area contributed by atoms with Gasteiger partial charge < -0.3 is 14.8 Å². The minimum atomic E-state index is -0.437. The summed E-state index contributed by atoms with van der Waals surface area (Å²) in [6.07, 6.45) is 1.83. The molecule has 3 rings (SSSR count). The first-order valence-electron chi connectivity index (χ1n) is 8.03. The zero-order valence-corrected chi connectivity index (χ0v) is 15.4. The van der Waals surface area contributed by atoms with Crippen LogP contribution >= 0.6 is 11.6 Å². The number of methoxy groups -OCH3 is 1. The van der Waals surface area contributed by atoms with Gasteiger partial charge in [-0.1, -0.05) is 17.7 Å². The minimum Gasteiger partial charge on any atom is -0.481 e. The number of rotatable bonds is 4. The molecule has 6 heteroatoms. The van der Waals surface area contributed by atoms with Gasteiger partial charge in [0.15, 0.2) is 6.61 Å². The van der Waals surface area contributed by atoms with Crippen molar-refractivity contribution in [1.29, 1.82) is 0 Å². The van der Waals surface area contributed by atoms with Crippen molar-refractivity contribution in [1.82, 2.24) is 0 Å². The van der Waals surface area contributed by atoms with Crippen LogP contribution in [-0.4, -0.2) is 25.6 Å². The predicted molar refractivity (Wildman–Crippen MR) is 101 cm³/mol. The summed E-state index contributed by atoms with van der Waals surface area (Å²) < 4.78 is 10.1. The molecule has 0 spiro atoms. The number of amides is 1. The van der Waals surface area contributed by atoms with E-state index in [2.05, 4.69) is 10.1 Å². The normalized spacial score (nSPS) is 14.2. The summed E-state index contributed by atoms with van der Waals surface area (Å²) in [5, 5.41) is 3.39. The SMILES string of the molecule is COC(=O)COc1c(C)cc(C=C2C(=O)Nc3cc(Cl)ccc32)cc1C. The van der Waals surface area contributed by atoms with Crippen LogP contribution in [0.5, 0.6) is 5.75 Å². The van der Waals surface area contributed by atoms with Crippen LogP contribution in [0.25, 0.3) is 11.6 Å². The van der Waals surface area contributed by atoms with Crippen molar-refractivity contribution >= 4 is 40.8 Å². The number of halogens is 1. The third kappa shape index (κ3) is 3.58. The molecular weight excluding hydrogens is 354 g/mol. The summed E-state index contributed by atoms with van der Waals surface area (Å²) in [6.45, 7) is 3.64. The van der Waals surface area contributed by atoms with Gasteiger partial charge in [0.2, 0.25) is 0 Å². The smallest absolute Gasteiger partial charge is 0.343 e. The van der Waals surface area contributed by atoms with Gasteiger partial charge in [-0.05, 0) is 60.9 Å². The Balaban J connectivity index is 1.93. The van der Waals surface area contributed by atoms with Gasteiger partial charge in [-0.25, -0.2) is 4.79 Å². The number of anilines is 1. The quantitative estimate of drug-likeness (QED) is 0.651. The van der Waals surface area contributed by atoms with E-state index >= 15 is 0 Å². The number of carbonyl (C=O) groups excluding carboxylic acids is 2. The lowest BCUT2D eigenvalue weighted by molar-refractivity contribution is -0.142. The third-order valence-corrected chi connectivity index (χ3v) is 4.36. The molecule has 0 radical (unpaired) electrons. The molecule has 1 amide bonds. The van der Waals surface area contributed by atoms with Gasteiger partial charge in [-0.3, -0.25) is 4.79 Å². The Bertz CT molecular complexity index is 910. The van der Waals surface area contributed by atoms with Gasteiger partial charge in [0.05, 0.1) is 12.8 Å². The molecule has 0 saturated carbocycles. The summed E-state index contributed by atoms with van der Waals surface area (Å²) in [6, 6.07) is 9.14. The average Bonchev–Trinajstić information content (AvgIpc) is 2.88. The fraction of sp³-hybridized carbons (Fsp3) is 0.200. The zero-order chi connectivity index (χ0) is 18.8. The van der Waals surface area contributed by atoms with E-state index in [0.717, 1.165) is 22.3 Å². The minimum absolute atomic E-state index is 0.144. The monoisotopic (exact) mass is 371 g/mol. The molecule has 1 N–H and O–H groups in total. The van der Waals surface area contributed by atoms with Crippen molar-refractivity contribution in [2.45, 2.75) is 13.8 Å². The molecule has 0 aromatic heterocycles. The van der Waals surface area contributed by atoms with E-state index < -0.39 is 5.97 Å². The highest BCUT2D eigenvalue weighted by Crippen LogP contribution is 2.35. The number of hydrogen-bond acceptors (Lipinski definition) is 4. The van der Waals surface area contributed by atoms with Gasteiger partial charge in [0.25, 0.3) is 5.91 Å². The van der Waals surface area contributed by atoms with Crippen LogP contribution in [0.15, 0.2) is 30.3 Å². The summed E-state index contributed by atoms with van der Waals surface area (Å²) >= 11 is 5.98. The Morgan fingerprint density at radius 1 is 1.19 bits per heavy atom. The third-order valence-electron chi connectivity index (χ3n) is 4.12. The first-order chi connectivity index (χ1) is 12.4. The topological polar surface area (TPSA) is 64.6 Å². The second kappa shape index (κ2) is 7.22. The summed E-state index contributed by atoms with van der Waals surface area (Å²) in [5.74, 6) is 0.0390. The summed E-state index contributed by atoms with van der Waals surface area (Å²) in [7, 11) is 1.32. The van der Waals surface area contributed by atoms with E-state index in [1.54, 1.807) is 12.1 Å². The highest BCUT2D eigenvalue weighted by Gasteiger charge is 2.24. The molecule has 1 aliphatic rings. The summed E-state index contributed by atoms with van der Waals surface area (Å²) in [5.41, 5.74) is 4.73. The molecule has 0 unspecified atom stereocenters. The Hall–Kier alpha value is -2.79. The van der Waals surface area contributed by atoms with Gasteiger partial charge in [0.1, 0.15) is 5.75 Å². The maximum Gasteiger partial charge on any atom is 0.343 e. The molecule has 5 nitrogen and oxygen atoms in total. The second-order valence-electron chi connectivity index (χ2n) is 6.05. The summed E-state index contributed by atoms with van der Waals surface area (Å²) in [4.78, 5) is 23.6. The Labute approximate surface area is 156 Å². The van der Waals surface area contributed by atoms with E-state index in [4.69, 9.17) is 16.3 Å². The fourth-order valence-corrected chi connectivity index (χ4v) is 3.13. The molecule has 0 atom stereocenters. The molecular formula is C20H18ClNO4. The van der Waals surface area contributed by atoms with E-state index in [9.17, 15) is 9.59 Å². The van der Waals surface area contributed by atoms with Crippen molar-refractivity contribution < 1.29 is 19.1 Å². The van der Waals surface area contributed by atoms with Crippen LogP contribution in [0.3, 0.4) is 0 Å². The number of fused-ring (bicyclic) bond motifs is 1. The maximum absolute atomic E-state index is 12.3. The second-order valence-corrected chi connectivity index (χ2v) is 6.49. The highest BCUT2D eigenvalue weighted by atomic mass is 35.5. The Morgan fingerprint density at radius 2 is 1.88 bits per heavy atom. The molecule has 0 bridgehead atoms. The van der Waals surface area contributed by atoms with Crippen molar-refractivity contribution in [3.8, 4) is 5.75 Å². The van der Waals surface area contributed by atoms with Crippen molar-refractivity contribution in [3.63, 3.8) is 0 Å². The number of hydrogen-bond donors (Lipinski definition) is 1. The standard InChI is InChI=1S/C20H18ClNO4/c1-11-6-13(7-12(2)19(11)26-10-18(23)25-3)8-16-15-5-4-14(21)9-17(15)22-20(16)24/h4-9H,10H2,1-3H3,(H,22,24). The van der Waals surface area contributed by atoms with Gasteiger partial charge in [0, 0.05) is 16.2 Å². The maximum atomic E-state index is 12.3. The van der Waals surface area contributed by atoms with Crippen LogP contribution in [0.2, 0.25) is 5.02 Å². The fourth-order valence-electron chi connectivity index (χ4n) is 2.96. The lowest BCUT2D eigenvalue weighted by Crippen LogP contribution is -2.13. The largest absolute Gasteiger partial charge is 0.481 e. The van der Waals surface area contributed by atoms with E-state index in [1.165, 1.54) is 7.11 Å². The predicted octanol–water partition coefficient (Wildman–Crippen LogP) is 4.00. The number of ether oxygens (including phenoxy) is 2. The Morgan fingerprint density at radius 3 is 2.54 bits per heavy atom. The number of aryl methyl sites for hydroxylation is 2. The van der Waals surface area contributed by atoms with Crippen LogP contribution in [0, 0.1) is 13.8 Å². The van der Waals surface area contributed by atoms with Crippen LogP contribution < -0.4 is 10.1 Å². The van der Waals surface area contributed by atoms with E-state index in [1.807, 2.05) is 38.1 Å². The molecule has 1 heterocycles. The van der Waals surface area contributed by atoms with Crippen molar-refractivity contribution in [2.24, 2.45) is 0 Å². The molecule has 0 aliphatic carbocycles. The molecule has 2 aromatic rings. The van der Waals surface area contributed by atoms with Gasteiger partial charge in [-0.2, -0.15) is 0 Å². The van der Waals surface area contributed by atoms with Crippen LogP contribution in [0.1, 0.15) is 22.3 Å². The molecule has 1 aliphatic heterocycles. The number of esters is 1. The molecule has 2 aromatic carbocycles. The van der Waals surface area contributed by atoms with Crippen LogP contribution in [-0.2, 0) is 14.3 Å². The number of nitrogens with one attached hydrogen (secondary N) is 1. The molecule has 0 fully saturated rings.